The third-order valence-corrected chi connectivity index (χ3v) is 5.19. The molecule has 1 aliphatic rings. The van der Waals surface area contributed by atoms with Crippen molar-refractivity contribution in [3.63, 3.8) is 0 Å². The number of nitro groups is 1. The van der Waals surface area contributed by atoms with Gasteiger partial charge in [-0.3, -0.25) is 14.9 Å². The number of carbonyl (C=O) groups is 1. The van der Waals surface area contributed by atoms with Gasteiger partial charge >= 0.3 is 0 Å². The lowest BCUT2D eigenvalue weighted by Gasteiger charge is -2.01. The van der Waals surface area contributed by atoms with Gasteiger partial charge in [0.25, 0.3) is 5.69 Å². The van der Waals surface area contributed by atoms with Crippen LogP contribution in [0.3, 0.4) is 0 Å². The van der Waals surface area contributed by atoms with Gasteiger partial charge in [-0.15, -0.1) is 0 Å². The Bertz CT molecular complexity index is 1080. The molecule has 0 aliphatic carbocycles. The number of nitro benzene ring substituents is 1. The van der Waals surface area contributed by atoms with E-state index in [1.807, 2.05) is 18.2 Å². The lowest BCUT2D eigenvalue weighted by atomic mass is 10.1. The highest BCUT2D eigenvalue weighted by atomic mass is 32.2. The summed E-state index contributed by atoms with van der Waals surface area (Å²) < 4.78 is 5.76. The van der Waals surface area contributed by atoms with Crippen LogP contribution in [0.2, 0.25) is 0 Å². The van der Waals surface area contributed by atoms with Gasteiger partial charge in [0.05, 0.1) is 15.4 Å². The molecular weight excluding hydrogens is 350 g/mol. The topological polar surface area (TPSA) is 73.3 Å². The molecular formula is C20H13NO4S. The summed E-state index contributed by atoms with van der Waals surface area (Å²) in [5, 5.41) is 11.3. The lowest BCUT2D eigenvalue weighted by molar-refractivity contribution is -0.384. The van der Waals surface area contributed by atoms with Crippen molar-refractivity contribution < 1.29 is 14.1 Å². The fraction of sp³-hybridized carbons (Fsp3) is 0.0500. The van der Waals surface area contributed by atoms with Gasteiger partial charge < -0.3 is 4.42 Å². The summed E-state index contributed by atoms with van der Waals surface area (Å²) in [6, 6.07) is 15.8. The molecule has 0 fully saturated rings. The minimum Gasteiger partial charge on any atom is -0.456 e. The van der Waals surface area contributed by atoms with Crippen LogP contribution in [0, 0.1) is 17.0 Å². The van der Waals surface area contributed by atoms with Crippen LogP contribution in [-0.2, 0) is 0 Å². The standard InChI is InChI=1S/C20H13NO4S/c1-12-6-8-14(16(10-12)21(23)24)17-9-7-13(25-17)11-19-20(22)15-4-2-3-5-18(15)26-19/h2-11H,1H3/b19-11+. The van der Waals surface area contributed by atoms with Crippen molar-refractivity contribution >= 4 is 29.3 Å². The zero-order valence-corrected chi connectivity index (χ0v) is 14.6. The molecule has 4 rings (SSSR count). The van der Waals surface area contributed by atoms with Crippen molar-refractivity contribution in [2.75, 3.05) is 0 Å². The smallest absolute Gasteiger partial charge is 0.280 e. The van der Waals surface area contributed by atoms with E-state index in [-0.39, 0.29) is 11.5 Å². The molecule has 2 heterocycles. The van der Waals surface area contributed by atoms with Crippen molar-refractivity contribution in [2.24, 2.45) is 0 Å². The fourth-order valence-electron chi connectivity index (χ4n) is 2.84. The van der Waals surface area contributed by atoms with Crippen LogP contribution in [0.1, 0.15) is 21.7 Å². The highest BCUT2D eigenvalue weighted by Crippen LogP contribution is 2.41. The molecule has 0 spiro atoms. The molecule has 0 saturated carbocycles. The maximum absolute atomic E-state index is 12.4. The first kappa shape index (κ1) is 16.4. The van der Waals surface area contributed by atoms with Crippen LogP contribution in [0.15, 0.2) is 68.8 Å². The van der Waals surface area contributed by atoms with Crippen molar-refractivity contribution in [1.82, 2.24) is 0 Å². The minimum atomic E-state index is -0.421. The van der Waals surface area contributed by atoms with Gasteiger partial charge in [0.15, 0.2) is 0 Å². The third-order valence-electron chi connectivity index (χ3n) is 4.09. The third kappa shape index (κ3) is 2.84. The summed E-state index contributed by atoms with van der Waals surface area (Å²) in [7, 11) is 0. The summed E-state index contributed by atoms with van der Waals surface area (Å²) in [6.07, 6.45) is 1.68. The first-order valence-electron chi connectivity index (χ1n) is 7.91. The van der Waals surface area contributed by atoms with E-state index in [4.69, 9.17) is 4.42 Å². The number of hydrogen-bond acceptors (Lipinski definition) is 5. The minimum absolute atomic E-state index is 0.00252. The van der Waals surface area contributed by atoms with E-state index < -0.39 is 4.92 Å². The van der Waals surface area contributed by atoms with Crippen molar-refractivity contribution in [3.8, 4) is 11.3 Å². The number of hydrogen-bond donors (Lipinski definition) is 0. The van der Waals surface area contributed by atoms with Gasteiger partial charge in [-0.2, -0.15) is 0 Å². The SMILES string of the molecule is Cc1ccc(-c2ccc(/C=C3/Sc4ccccc4C3=O)o2)c([N+](=O)[O-])c1. The predicted molar refractivity (Wildman–Crippen MR) is 100 cm³/mol. The Balaban J connectivity index is 1.69. The number of allylic oxidation sites excluding steroid dienone is 1. The summed E-state index contributed by atoms with van der Waals surface area (Å²) >= 11 is 1.40. The lowest BCUT2D eigenvalue weighted by Crippen LogP contribution is -1.93. The van der Waals surface area contributed by atoms with Gasteiger partial charge in [0.1, 0.15) is 11.5 Å². The Morgan fingerprint density at radius 3 is 2.65 bits per heavy atom. The second-order valence-electron chi connectivity index (χ2n) is 5.92. The van der Waals surface area contributed by atoms with E-state index in [1.165, 1.54) is 17.8 Å². The number of rotatable bonds is 3. The number of benzene rings is 2. The monoisotopic (exact) mass is 363 g/mol. The van der Waals surface area contributed by atoms with Gasteiger partial charge in [0, 0.05) is 16.5 Å². The number of thioether (sulfide) groups is 1. The van der Waals surface area contributed by atoms with E-state index >= 15 is 0 Å². The van der Waals surface area contributed by atoms with Crippen LogP contribution >= 0.6 is 11.8 Å². The molecule has 26 heavy (non-hydrogen) atoms. The second kappa shape index (κ2) is 6.31. The molecule has 0 radical (unpaired) electrons. The average molecular weight is 363 g/mol. The van der Waals surface area contributed by atoms with E-state index in [0.29, 0.717) is 27.6 Å². The first-order valence-corrected chi connectivity index (χ1v) is 8.73. The maximum Gasteiger partial charge on any atom is 0.280 e. The fourth-order valence-corrected chi connectivity index (χ4v) is 3.87. The number of nitrogens with zero attached hydrogens (tertiary/aromatic N) is 1. The molecule has 0 amide bonds. The maximum atomic E-state index is 12.4. The Morgan fingerprint density at radius 1 is 1.08 bits per heavy atom. The zero-order chi connectivity index (χ0) is 18.3. The molecule has 0 atom stereocenters. The van der Waals surface area contributed by atoms with E-state index in [0.717, 1.165) is 10.5 Å². The van der Waals surface area contributed by atoms with E-state index in [9.17, 15) is 14.9 Å². The van der Waals surface area contributed by atoms with Gasteiger partial charge in [0.2, 0.25) is 5.78 Å². The Morgan fingerprint density at radius 2 is 1.88 bits per heavy atom. The van der Waals surface area contributed by atoms with Gasteiger partial charge in [-0.05, 0) is 48.9 Å². The number of Topliss-reactive ketones (excluding diaryl/α,β-unsaturated/α-hetero) is 1. The summed E-state index contributed by atoms with van der Waals surface area (Å²) in [5.74, 6) is 0.847. The summed E-state index contributed by atoms with van der Waals surface area (Å²) in [4.78, 5) is 24.8. The van der Waals surface area contributed by atoms with E-state index in [2.05, 4.69) is 0 Å². The highest BCUT2D eigenvalue weighted by molar-refractivity contribution is 8.04. The van der Waals surface area contributed by atoms with Crippen LogP contribution < -0.4 is 0 Å². The van der Waals surface area contributed by atoms with Crippen molar-refractivity contribution in [2.45, 2.75) is 11.8 Å². The quantitative estimate of drug-likeness (QED) is 0.349. The highest BCUT2D eigenvalue weighted by Gasteiger charge is 2.26. The van der Waals surface area contributed by atoms with Crippen molar-refractivity contribution in [3.05, 3.63) is 86.5 Å². The number of furan rings is 1. The van der Waals surface area contributed by atoms with Gasteiger partial charge in [-0.25, -0.2) is 0 Å². The zero-order valence-electron chi connectivity index (χ0n) is 13.8. The number of aryl methyl sites for hydroxylation is 1. The number of carbonyl (C=O) groups excluding carboxylic acids is 1. The molecule has 5 nitrogen and oxygen atoms in total. The van der Waals surface area contributed by atoms with E-state index in [1.54, 1.807) is 43.3 Å². The molecule has 1 aromatic heterocycles. The number of ketones is 1. The van der Waals surface area contributed by atoms with Crippen molar-refractivity contribution in [1.29, 1.82) is 0 Å². The molecule has 0 unspecified atom stereocenters. The Labute approximate surface area is 153 Å². The second-order valence-corrected chi connectivity index (χ2v) is 7.00. The molecule has 0 saturated heterocycles. The Hall–Kier alpha value is -3.12. The van der Waals surface area contributed by atoms with Crippen LogP contribution in [0.5, 0.6) is 0 Å². The predicted octanol–water partition coefficient (Wildman–Crippen LogP) is 5.49. The molecule has 6 heteroatoms. The summed E-state index contributed by atoms with van der Waals surface area (Å²) in [5.41, 5.74) is 1.90. The van der Waals surface area contributed by atoms with Crippen LogP contribution in [0.4, 0.5) is 5.69 Å². The molecule has 0 N–H and O–H groups in total. The Kier molecular flexibility index (Phi) is 3.97. The normalized spacial score (nSPS) is 14.7. The molecule has 0 bridgehead atoms. The van der Waals surface area contributed by atoms with Crippen LogP contribution in [-0.4, -0.2) is 10.7 Å². The van der Waals surface area contributed by atoms with Crippen LogP contribution in [0.25, 0.3) is 17.4 Å². The number of fused-ring (bicyclic) bond motifs is 1. The molecule has 2 aromatic carbocycles. The molecule has 3 aromatic rings. The first-order chi connectivity index (χ1) is 12.5. The average Bonchev–Trinajstić information content (AvgIpc) is 3.21. The molecule has 128 valence electrons. The largest absolute Gasteiger partial charge is 0.456 e. The summed E-state index contributed by atoms with van der Waals surface area (Å²) in [6.45, 7) is 1.80. The van der Waals surface area contributed by atoms with Gasteiger partial charge in [-0.1, -0.05) is 30.0 Å². The molecule has 1 aliphatic heterocycles.